The first-order valence-corrected chi connectivity index (χ1v) is 12.2. The molecular weight excluding hydrogens is 456 g/mol. The largest absolute Gasteiger partial charge is 0.459 e. The lowest BCUT2D eigenvalue weighted by molar-refractivity contribution is -0.862. The van der Waals surface area contributed by atoms with Crippen molar-refractivity contribution in [3.8, 4) is 0 Å². The van der Waals surface area contributed by atoms with Crippen LogP contribution in [0.5, 0.6) is 0 Å². The number of carbonyl (C=O) groups is 4. The third-order valence-corrected chi connectivity index (χ3v) is 7.08. The van der Waals surface area contributed by atoms with Gasteiger partial charge in [0, 0.05) is 0 Å². The van der Waals surface area contributed by atoms with E-state index in [0.29, 0.717) is 26.2 Å². The van der Waals surface area contributed by atoms with Crippen molar-refractivity contribution in [2.24, 2.45) is 0 Å². The average Bonchev–Trinajstić information content (AvgIpc) is 2.86. The molecular formula is C25H38N2O8+2. The van der Waals surface area contributed by atoms with E-state index < -0.39 is 24.1 Å². The molecule has 0 spiro atoms. The van der Waals surface area contributed by atoms with Crippen LogP contribution in [0.4, 0.5) is 0 Å². The van der Waals surface area contributed by atoms with E-state index in [2.05, 4.69) is 0 Å². The molecule has 10 nitrogen and oxygen atoms in total. The van der Waals surface area contributed by atoms with Gasteiger partial charge in [-0.15, -0.1) is 0 Å². The van der Waals surface area contributed by atoms with Gasteiger partial charge in [-0.1, -0.05) is 12.1 Å². The van der Waals surface area contributed by atoms with Crippen molar-refractivity contribution in [1.29, 1.82) is 0 Å². The molecule has 194 valence electrons. The first-order valence-electron chi connectivity index (χ1n) is 12.2. The molecule has 0 radical (unpaired) electrons. The van der Waals surface area contributed by atoms with Gasteiger partial charge in [0.2, 0.25) is 0 Å². The van der Waals surface area contributed by atoms with E-state index in [4.69, 9.17) is 9.47 Å². The highest BCUT2D eigenvalue weighted by Crippen LogP contribution is 2.19. The molecule has 1 aliphatic heterocycles. The highest BCUT2D eigenvalue weighted by Gasteiger charge is 2.43. The summed E-state index contributed by atoms with van der Waals surface area (Å²) in [5.41, 5.74) is -0.0671. The molecule has 35 heavy (non-hydrogen) atoms. The maximum absolute atomic E-state index is 13.4. The van der Waals surface area contributed by atoms with Gasteiger partial charge in [0.15, 0.2) is 6.42 Å². The quantitative estimate of drug-likeness (QED) is 0.359. The minimum absolute atomic E-state index is 0.0308. The Balaban J connectivity index is 2.47. The average molecular weight is 495 g/mol. The summed E-state index contributed by atoms with van der Waals surface area (Å²) in [5.74, 6) is -2.32. The van der Waals surface area contributed by atoms with Crippen LogP contribution in [-0.2, 0) is 19.1 Å². The van der Waals surface area contributed by atoms with Gasteiger partial charge in [-0.3, -0.25) is 8.97 Å². The molecule has 10 heteroatoms. The zero-order valence-electron chi connectivity index (χ0n) is 21.1. The van der Waals surface area contributed by atoms with Crippen LogP contribution in [0.15, 0.2) is 24.3 Å². The molecule has 0 aromatic heterocycles. The van der Waals surface area contributed by atoms with Crippen LogP contribution in [0, 0.1) is 0 Å². The van der Waals surface area contributed by atoms with E-state index in [9.17, 15) is 29.4 Å². The summed E-state index contributed by atoms with van der Waals surface area (Å²) in [6.45, 7) is 7.77. The standard InChI is InChI=1S/C25H38N2O8/c1-5-26(6-2)14-18(28)16-34-24(32)20-11-9-10-12-21(20)25(33)35-17-19(29)15-27(7-3,8-4)23(31)13-22(26)30/h9-12,18-19,28-29H,5-8,13-17H2,1-4H3/q+2. The van der Waals surface area contributed by atoms with Crippen molar-refractivity contribution in [1.82, 2.24) is 0 Å². The molecule has 1 aromatic carbocycles. The van der Waals surface area contributed by atoms with Gasteiger partial charge >= 0.3 is 23.8 Å². The van der Waals surface area contributed by atoms with Crippen LogP contribution >= 0.6 is 0 Å². The van der Waals surface area contributed by atoms with Gasteiger partial charge in [-0.25, -0.2) is 19.2 Å². The molecule has 1 heterocycles. The second kappa shape index (κ2) is 12.3. The van der Waals surface area contributed by atoms with E-state index in [1.165, 1.54) is 12.1 Å². The van der Waals surface area contributed by atoms with Gasteiger partial charge < -0.3 is 19.7 Å². The molecule has 0 fully saturated rings. The minimum atomic E-state index is -1.16. The van der Waals surface area contributed by atoms with Crippen molar-refractivity contribution >= 4 is 23.8 Å². The van der Waals surface area contributed by atoms with Gasteiger partial charge in [-0.05, 0) is 39.8 Å². The Hall–Kier alpha value is -2.66. The zero-order valence-corrected chi connectivity index (χ0v) is 21.1. The minimum Gasteiger partial charge on any atom is -0.459 e. The smallest absolute Gasteiger partial charge is 0.339 e. The second-order valence-corrected chi connectivity index (χ2v) is 8.93. The predicted octanol–water partition coefficient (Wildman–Crippen LogP) is 0.892. The normalized spacial score (nSPS) is 24.2. The van der Waals surface area contributed by atoms with Gasteiger partial charge in [0.1, 0.15) is 38.5 Å². The number of aliphatic hydroxyl groups is 2. The number of fused-ring (bicyclic) bond motifs is 1. The summed E-state index contributed by atoms with van der Waals surface area (Å²) in [6.07, 6.45) is -2.69. The highest BCUT2D eigenvalue weighted by atomic mass is 16.5. The number of ether oxygens (including phenoxy) is 2. The number of hydrogen-bond donors (Lipinski definition) is 2. The fourth-order valence-electron chi connectivity index (χ4n) is 4.59. The number of nitrogens with zero attached hydrogens (tertiary/aromatic N) is 2. The molecule has 1 aromatic rings. The van der Waals surface area contributed by atoms with E-state index in [1.807, 2.05) is 0 Å². The lowest BCUT2D eigenvalue weighted by atomic mass is 10.1. The van der Waals surface area contributed by atoms with E-state index in [-0.39, 0.29) is 64.6 Å². The molecule has 2 N–H and O–H groups in total. The summed E-state index contributed by atoms with van der Waals surface area (Å²) in [6, 6.07) is 5.95. The summed E-state index contributed by atoms with van der Waals surface area (Å²) in [7, 11) is 0. The van der Waals surface area contributed by atoms with E-state index in [1.54, 1.807) is 39.8 Å². The number of hydrogen-bond acceptors (Lipinski definition) is 8. The van der Waals surface area contributed by atoms with Gasteiger partial charge in [-0.2, -0.15) is 0 Å². The number of rotatable bonds is 4. The molecule has 0 bridgehead atoms. The zero-order chi connectivity index (χ0) is 26.2. The summed E-state index contributed by atoms with van der Waals surface area (Å²) >= 11 is 0. The number of quaternary nitrogens is 2. The summed E-state index contributed by atoms with van der Waals surface area (Å²) in [5, 5.41) is 21.3. The van der Waals surface area contributed by atoms with Crippen LogP contribution in [-0.4, -0.2) is 108 Å². The maximum Gasteiger partial charge on any atom is 0.339 e. The number of amides is 2. The fraction of sp³-hybridized carbons (Fsp3) is 0.600. The number of carbonyl (C=O) groups excluding carboxylic acids is 4. The number of esters is 2. The Kier molecular flexibility index (Phi) is 10.1. The highest BCUT2D eigenvalue weighted by molar-refractivity contribution is 6.03. The SMILES string of the molecule is CC[N+]1(CC)CC(O)COC(=O)c2ccccc2C(=O)OCC(O)C[N+](CC)(CC)C(=O)CC1=O. The Morgan fingerprint density at radius 3 is 1.37 bits per heavy atom. The monoisotopic (exact) mass is 494 g/mol. The molecule has 2 atom stereocenters. The van der Waals surface area contributed by atoms with Crippen molar-refractivity contribution in [3.05, 3.63) is 35.4 Å². The van der Waals surface area contributed by atoms with Crippen LogP contribution < -0.4 is 0 Å². The predicted molar refractivity (Wildman–Crippen MR) is 126 cm³/mol. The van der Waals surface area contributed by atoms with Crippen LogP contribution in [0.3, 0.4) is 0 Å². The molecule has 2 rings (SSSR count). The lowest BCUT2D eigenvalue weighted by Crippen LogP contribution is -2.61. The van der Waals surface area contributed by atoms with Crippen LogP contribution in [0.25, 0.3) is 0 Å². The first-order chi connectivity index (χ1) is 16.6. The van der Waals surface area contributed by atoms with Crippen molar-refractivity contribution in [3.63, 3.8) is 0 Å². The molecule has 0 aliphatic carbocycles. The number of cyclic esters (lactones) is 2. The van der Waals surface area contributed by atoms with Crippen LogP contribution in [0.1, 0.15) is 54.8 Å². The fourth-order valence-corrected chi connectivity index (χ4v) is 4.59. The van der Waals surface area contributed by atoms with Crippen molar-refractivity contribution < 1.29 is 47.8 Å². The topological polar surface area (TPSA) is 127 Å². The number of benzene rings is 1. The molecule has 0 saturated heterocycles. The van der Waals surface area contributed by atoms with Gasteiger partial charge in [0.25, 0.3) is 0 Å². The summed E-state index contributed by atoms with van der Waals surface area (Å²) in [4.78, 5) is 52.1. The van der Waals surface area contributed by atoms with E-state index >= 15 is 0 Å². The molecule has 0 saturated carbocycles. The number of aliphatic hydroxyl groups excluding tert-OH is 2. The Labute approximate surface area is 206 Å². The third-order valence-electron chi connectivity index (χ3n) is 7.08. The van der Waals surface area contributed by atoms with Crippen LogP contribution in [0.2, 0.25) is 0 Å². The Bertz CT molecular complexity index is 851. The molecule has 1 aliphatic rings. The summed E-state index contributed by atoms with van der Waals surface area (Å²) < 4.78 is 10.2. The maximum atomic E-state index is 13.4. The second-order valence-electron chi connectivity index (χ2n) is 8.93. The molecule has 2 unspecified atom stereocenters. The lowest BCUT2D eigenvalue weighted by Gasteiger charge is -2.38. The molecule has 2 amide bonds. The Morgan fingerprint density at radius 2 is 1.06 bits per heavy atom. The van der Waals surface area contributed by atoms with E-state index in [0.717, 1.165) is 0 Å². The number of likely N-dealkylation sites (N-methyl/N-ethyl adjacent to an activating group) is 2. The van der Waals surface area contributed by atoms with Crippen molar-refractivity contribution in [2.45, 2.75) is 46.3 Å². The van der Waals surface area contributed by atoms with Gasteiger partial charge in [0.05, 0.1) is 37.3 Å². The third kappa shape index (κ3) is 6.52. The Morgan fingerprint density at radius 1 is 0.714 bits per heavy atom. The van der Waals surface area contributed by atoms with Crippen molar-refractivity contribution in [2.75, 3.05) is 52.5 Å². The first kappa shape index (κ1) is 28.6.